The van der Waals surface area contributed by atoms with Gasteiger partial charge >= 0.3 is 5.97 Å². The highest BCUT2D eigenvalue weighted by molar-refractivity contribution is 5.98. The van der Waals surface area contributed by atoms with E-state index < -0.39 is 41.6 Å². The van der Waals surface area contributed by atoms with Crippen LogP contribution < -0.4 is 0 Å². The van der Waals surface area contributed by atoms with Gasteiger partial charge in [0.15, 0.2) is 0 Å². The first-order valence-electron chi connectivity index (χ1n) is 13.2. The predicted molar refractivity (Wildman–Crippen MR) is 130 cm³/mol. The molecule has 3 aliphatic heterocycles. The van der Waals surface area contributed by atoms with Crippen LogP contribution in [0.25, 0.3) is 0 Å². The van der Waals surface area contributed by atoms with Gasteiger partial charge in [0, 0.05) is 12.6 Å². The highest BCUT2D eigenvalue weighted by atomic mass is 16.6. The molecule has 1 aliphatic carbocycles. The van der Waals surface area contributed by atoms with Gasteiger partial charge in [0.1, 0.15) is 11.6 Å². The van der Waals surface area contributed by atoms with Gasteiger partial charge < -0.3 is 24.4 Å². The number of likely N-dealkylation sites (tertiary alicyclic amines) is 1. The summed E-state index contributed by atoms with van der Waals surface area (Å²) in [7, 11) is 0. The van der Waals surface area contributed by atoms with Crippen LogP contribution in [-0.4, -0.2) is 82.3 Å². The van der Waals surface area contributed by atoms with Gasteiger partial charge in [0.2, 0.25) is 11.8 Å². The van der Waals surface area contributed by atoms with Crippen molar-refractivity contribution in [2.45, 2.75) is 94.5 Å². The molecule has 4 rings (SSSR count). The third kappa shape index (κ3) is 4.33. The van der Waals surface area contributed by atoms with Crippen LogP contribution in [-0.2, 0) is 23.9 Å². The average Bonchev–Trinajstić information content (AvgIpc) is 3.51. The normalized spacial score (nSPS) is 32.9. The van der Waals surface area contributed by atoms with Crippen molar-refractivity contribution in [1.29, 1.82) is 0 Å². The maximum atomic E-state index is 14.3. The van der Waals surface area contributed by atoms with Crippen LogP contribution in [0.3, 0.4) is 0 Å². The van der Waals surface area contributed by atoms with Crippen molar-refractivity contribution in [1.82, 2.24) is 9.80 Å². The molecule has 0 aromatic heterocycles. The Balaban J connectivity index is 1.71. The van der Waals surface area contributed by atoms with Crippen molar-refractivity contribution < 1.29 is 29.0 Å². The number of hydrogen-bond donors (Lipinski definition) is 1. The Morgan fingerprint density at radius 3 is 2.63 bits per heavy atom. The van der Waals surface area contributed by atoms with Gasteiger partial charge in [-0.25, -0.2) is 0 Å². The molecule has 2 bridgehead atoms. The number of ether oxygens (including phenoxy) is 2. The lowest BCUT2D eigenvalue weighted by atomic mass is 9.70. The van der Waals surface area contributed by atoms with Crippen molar-refractivity contribution in [2.24, 2.45) is 11.8 Å². The molecule has 3 heterocycles. The largest absolute Gasteiger partial charge is 0.465 e. The minimum absolute atomic E-state index is 0.0918. The molecule has 0 radical (unpaired) electrons. The van der Waals surface area contributed by atoms with E-state index >= 15 is 0 Å². The zero-order valence-corrected chi connectivity index (χ0v) is 20.9. The number of hydrogen-bond acceptors (Lipinski definition) is 6. The number of carbonyl (C=O) groups is 3. The zero-order chi connectivity index (χ0) is 25.2. The van der Waals surface area contributed by atoms with Gasteiger partial charge in [-0.3, -0.25) is 14.4 Å². The molecule has 8 heteroatoms. The zero-order valence-electron chi connectivity index (χ0n) is 20.9. The van der Waals surface area contributed by atoms with Crippen molar-refractivity contribution in [2.75, 3.05) is 19.8 Å². The molecule has 4 aliphatic rings. The third-order valence-electron chi connectivity index (χ3n) is 8.51. The number of nitrogens with zero attached hydrogens (tertiary/aromatic N) is 2. The molecule has 2 amide bonds. The highest BCUT2D eigenvalue weighted by Crippen LogP contribution is 2.59. The fourth-order valence-corrected chi connectivity index (χ4v) is 6.89. The molecule has 6 atom stereocenters. The van der Waals surface area contributed by atoms with Gasteiger partial charge in [-0.2, -0.15) is 0 Å². The molecule has 2 unspecified atom stereocenters. The van der Waals surface area contributed by atoms with Crippen LogP contribution in [0, 0.1) is 11.8 Å². The maximum Gasteiger partial charge on any atom is 0.312 e. The Morgan fingerprint density at radius 2 is 2.00 bits per heavy atom. The summed E-state index contributed by atoms with van der Waals surface area (Å²) in [4.78, 5) is 44.8. The second-order valence-electron chi connectivity index (χ2n) is 10.4. The van der Waals surface area contributed by atoms with Crippen LogP contribution in [0.2, 0.25) is 0 Å². The minimum Gasteiger partial charge on any atom is -0.465 e. The Morgan fingerprint density at radius 1 is 1.26 bits per heavy atom. The summed E-state index contributed by atoms with van der Waals surface area (Å²) in [5, 5.41) is 10.2. The number of rotatable bonds is 11. The minimum atomic E-state index is -1.07. The van der Waals surface area contributed by atoms with Gasteiger partial charge in [0.05, 0.1) is 37.2 Å². The van der Waals surface area contributed by atoms with E-state index in [0.29, 0.717) is 32.2 Å². The quantitative estimate of drug-likeness (QED) is 0.273. The van der Waals surface area contributed by atoms with E-state index in [-0.39, 0.29) is 31.1 Å². The van der Waals surface area contributed by atoms with Crippen LogP contribution in [0.1, 0.15) is 64.7 Å². The molecule has 0 aromatic carbocycles. The first kappa shape index (κ1) is 25.9. The molecule has 1 N–H and O–H groups in total. The second-order valence-corrected chi connectivity index (χ2v) is 10.4. The lowest BCUT2D eigenvalue weighted by Crippen LogP contribution is -2.60. The Hall–Kier alpha value is -2.19. The van der Waals surface area contributed by atoms with Crippen molar-refractivity contribution in [3.63, 3.8) is 0 Å². The average molecular weight is 489 g/mol. The molecular weight excluding hydrogens is 448 g/mol. The van der Waals surface area contributed by atoms with Crippen LogP contribution in [0.4, 0.5) is 0 Å². The van der Waals surface area contributed by atoms with Gasteiger partial charge in [0.25, 0.3) is 0 Å². The van der Waals surface area contributed by atoms with E-state index in [9.17, 15) is 19.5 Å². The molecule has 8 nitrogen and oxygen atoms in total. The predicted octanol–water partition coefficient (Wildman–Crippen LogP) is 2.60. The smallest absolute Gasteiger partial charge is 0.312 e. The number of amides is 2. The van der Waals surface area contributed by atoms with Gasteiger partial charge in [-0.15, -0.1) is 13.2 Å². The molecule has 0 aromatic rings. The number of carbonyl (C=O) groups excluding carboxylic acids is 3. The summed E-state index contributed by atoms with van der Waals surface area (Å²) in [6.07, 6.45) is 10.3. The Bertz CT molecular complexity index is 836. The van der Waals surface area contributed by atoms with E-state index in [2.05, 4.69) is 13.2 Å². The van der Waals surface area contributed by atoms with Crippen LogP contribution in [0.15, 0.2) is 25.3 Å². The first-order valence-corrected chi connectivity index (χ1v) is 13.2. The van der Waals surface area contributed by atoms with Crippen molar-refractivity contribution in [3.8, 4) is 0 Å². The summed E-state index contributed by atoms with van der Waals surface area (Å²) in [5.41, 5.74) is -1.07. The summed E-state index contributed by atoms with van der Waals surface area (Å²) >= 11 is 0. The maximum absolute atomic E-state index is 14.3. The molecular formula is C27H40N2O6. The van der Waals surface area contributed by atoms with Crippen LogP contribution in [0.5, 0.6) is 0 Å². The summed E-state index contributed by atoms with van der Waals surface area (Å²) in [6, 6.07) is -1.29. The first-order chi connectivity index (χ1) is 16.9. The van der Waals surface area contributed by atoms with Gasteiger partial charge in [-0.05, 0) is 38.5 Å². The van der Waals surface area contributed by atoms with E-state index in [4.69, 9.17) is 9.47 Å². The molecule has 4 fully saturated rings. The van der Waals surface area contributed by atoms with Gasteiger partial charge in [-0.1, -0.05) is 38.3 Å². The lowest BCUT2D eigenvalue weighted by Gasteiger charge is -2.42. The highest BCUT2D eigenvalue weighted by Gasteiger charge is 2.75. The van der Waals surface area contributed by atoms with E-state index in [0.717, 1.165) is 32.1 Å². The topological polar surface area (TPSA) is 96.4 Å². The third-order valence-corrected chi connectivity index (χ3v) is 8.51. The molecule has 1 spiro atoms. The summed E-state index contributed by atoms with van der Waals surface area (Å²) < 4.78 is 12.0. The van der Waals surface area contributed by atoms with Crippen molar-refractivity contribution >= 4 is 17.8 Å². The van der Waals surface area contributed by atoms with E-state index in [1.807, 2.05) is 11.8 Å². The summed E-state index contributed by atoms with van der Waals surface area (Å²) in [5.74, 6) is -2.39. The monoisotopic (exact) mass is 488 g/mol. The molecule has 194 valence electrons. The SMILES string of the molecule is C=CCCOC(=O)[C@@H]1[C@@H]2CCC3(O2)C(C(=O)N(CC=C)C2CCCCC2)N([C@@H](CC)CO)C(=O)[C@H]13. The fraction of sp³-hybridized carbons (Fsp3) is 0.741. The Kier molecular flexibility index (Phi) is 8.01. The number of fused-ring (bicyclic) bond motifs is 1. The second kappa shape index (κ2) is 10.8. The molecule has 3 saturated heterocycles. The lowest BCUT2D eigenvalue weighted by molar-refractivity contribution is -0.157. The molecule has 35 heavy (non-hydrogen) atoms. The number of aliphatic hydroxyl groups is 1. The summed E-state index contributed by atoms with van der Waals surface area (Å²) in [6.45, 7) is 9.77. The van der Waals surface area contributed by atoms with Crippen LogP contribution >= 0.6 is 0 Å². The van der Waals surface area contributed by atoms with Crippen molar-refractivity contribution in [3.05, 3.63) is 25.3 Å². The number of aliphatic hydroxyl groups excluding tert-OH is 1. The van der Waals surface area contributed by atoms with E-state index in [1.54, 1.807) is 17.1 Å². The standard InChI is InChI=1S/C27H40N2O6/c1-4-7-16-34-26(33)21-20-13-14-27(35-20)22(21)24(31)29(18(6-3)17-30)23(27)25(32)28(15-5-2)19-11-9-8-10-12-19/h4-5,18-23,30H,1-2,6-17H2,3H3/t18-,20-,21+,22-,23?,27?/m0/s1. The van der Waals surface area contributed by atoms with E-state index in [1.165, 1.54) is 0 Å². The fourth-order valence-electron chi connectivity index (χ4n) is 6.89. The Labute approximate surface area is 208 Å². The molecule has 1 saturated carbocycles. The number of esters is 1.